The number of anilines is 1. The van der Waals surface area contributed by atoms with Gasteiger partial charge in [-0.25, -0.2) is 9.97 Å². The molecule has 0 aliphatic heterocycles. The Morgan fingerprint density at radius 3 is 2.61 bits per heavy atom. The summed E-state index contributed by atoms with van der Waals surface area (Å²) < 4.78 is 1.48. The number of hydrogen-bond acceptors (Lipinski definition) is 7. The van der Waals surface area contributed by atoms with Crippen LogP contribution in [0, 0.1) is 10.1 Å². The molecule has 0 aliphatic rings. The summed E-state index contributed by atoms with van der Waals surface area (Å²) in [4.78, 5) is 49.5. The van der Waals surface area contributed by atoms with Crippen molar-refractivity contribution in [3.8, 4) is 5.69 Å². The van der Waals surface area contributed by atoms with Crippen LogP contribution in [0.4, 0.5) is 11.4 Å². The second-order valence-corrected chi connectivity index (χ2v) is 8.30. The standard InChI is InChI=1S/C28H20N6O4/c35-26(13-10-19-8-11-22(12-9-19)34(37)38)31-21-5-1-6-23(17-21)33-27-24(7-3-15-30-27)32-25(28(33)36)16-20-4-2-14-29-18-20/h1-15,17-18H,16H2,(H,31,35). The molecular weight excluding hydrogens is 484 g/mol. The molecule has 2 aromatic carbocycles. The van der Waals surface area contributed by atoms with E-state index in [1.165, 1.54) is 22.8 Å². The highest BCUT2D eigenvalue weighted by Gasteiger charge is 2.15. The molecule has 0 saturated carbocycles. The third-order valence-electron chi connectivity index (χ3n) is 5.68. The van der Waals surface area contributed by atoms with E-state index in [0.717, 1.165) is 5.56 Å². The lowest BCUT2D eigenvalue weighted by Crippen LogP contribution is -2.25. The van der Waals surface area contributed by atoms with Gasteiger partial charge < -0.3 is 5.32 Å². The van der Waals surface area contributed by atoms with Gasteiger partial charge in [-0.1, -0.05) is 12.1 Å². The van der Waals surface area contributed by atoms with Crippen molar-refractivity contribution in [1.29, 1.82) is 0 Å². The molecule has 3 heterocycles. The molecule has 0 radical (unpaired) electrons. The molecule has 0 aliphatic carbocycles. The van der Waals surface area contributed by atoms with Crippen molar-refractivity contribution in [3.05, 3.63) is 135 Å². The maximum Gasteiger partial charge on any atom is 0.278 e. The second-order valence-electron chi connectivity index (χ2n) is 8.30. The first-order valence-corrected chi connectivity index (χ1v) is 11.6. The number of benzene rings is 2. The number of fused-ring (bicyclic) bond motifs is 1. The van der Waals surface area contributed by atoms with E-state index >= 15 is 0 Å². The number of nitrogens with one attached hydrogen (secondary N) is 1. The highest BCUT2D eigenvalue weighted by atomic mass is 16.6. The molecule has 0 fully saturated rings. The van der Waals surface area contributed by atoms with Gasteiger partial charge in [-0.15, -0.1) is 0 Å². The molecule has 3 aromatic heterocycles. The van der Waals surface area contributed by atoms with Crippen LogP contribution in [0.1, 0.15) is 16.8 Å². The van der Waals surface area contributed by atoms with E-state index in [4.69, 9.17) is 0 Å². The lowest BCUT2D eigenvalue weighted by atomic mass is 10.1. The Bertz CT molecular complexity index is 1730. The first kappa shape index (κ1) is 24.2. The Hall–Kier alpha value is -5.51. The van der Waals surface area contributed by atoms with E-state index in [-0.39, 0.29) is 11.2 Å². The summed E-state index contributed by atoms with van der Waals surface area (Å²) >= 11 is 0. The predicted octanol–water partition coefficient (Wildman–Crippen LogP) is 4.33. The van der Waals surface area contributed by atoms with Gasteiger partial charge in [0.15, 0.2) is 5.65 Å². The Balaban J connectivity index is 1.44. The molecular formula is C28H20N6O4. The molecule has 0 atom stereocenters. The zero-order chi connectivity index (χ0) is 26.5. The van der Waals surface area contributed by atoms with E-state index in [9.17, 15) is 19.7 Å². The van der Waals surface area contributed by atoms with E-state index in [2.05, 4.69) is 20.3 Å². The maximum atomic E-state index is 13.5. The van der Waals surface area contributed by atoms with Crippen molar-refractivity contribution >= 4 is 34.5 Å². The van der Waals surface area contributed by atoms with Crippen LogP contribution in [0.2, 0.25) is 0 Å². The van der Waals surface area contributed by atoms with Crippen molar-refractivity contribution in [2.24, 2.45) is 0 Å². The highest BCUT2D eigenvalue weighted by Crippen LogP contribution is 2.19. The average Bonchev–Trinajstić information content (AvgIpc) is 2.93. The van der Waals surface area contributed by atoms with Crippen molar-refractivity contribution < 1.29 is 9.72 Å². The third kappa shape index (κ3) is 5.34. The van der Waals surface area contributed by atoms with Crippen LogP contribution in [0.5, 0.6) is 0 Å². The maximum absolute atomic E-state index is 13.5. The number of carbonyl (C=O) groups is 1. The fourth-order valence-electron chi connectivity index (χ4n) is 3.90. The number of rotatable bonds is 7. The van der Waals surface area contributed by atoms with Crippen molar-refractivity contribution in [2.45, 2.75) is 6.42 Å². The number of non-ortho nitro benzene ring substituents is 1. The van der Waals surface area contributed by atoms with Crippen LogP contribution in [0.15, 0.2) is 102 Å². The topological polar surface area (TPSA) is 133 Å². The first-order valence-electron chi connectivity index (χ1n) is 11.6. The zero-order valence-corrected chi connectivity index (χ0v) is 19.9. The number of carbonyl (C=O) groups excluding carboxylic acids is 1. The Labute approximate surface area is 216 Å². The van der Waals surface area contributed by atoms with Crippen LogP contribution in [0.3, 0.4) is 0 Å². The number of hydrogen-bond donors (Lipinski definition) is 1. The summed E-state index contributed by atoms with van der Waals surface area (Å²) in [5, 5.41) is 13.6. The minimum absolute atomic E-state index is 0.0274. The molecule has 0 unspecified atom stereocenters. The van der Waals surface area contributed by atoms with Crippen LogP contribution in [-0.2, 0) is 11.2 Å². The number of nitro groups is 1. The van der Waals surface area contributed by atoms with Crippen LogP contribution in [0.25, 0.3) is 22.9 Å². The molecule has 10 nitrogen and oxygen atoms in total. The molecule has 38 heavy (non-hydrogen) atoms. The lowest BCUT2D eigenvalue weighted by Gasteiger charge is -2.13. The second kappa shape index (κ2) is 10.6. The van der Waals surface area contributed by atoms with E-state index in [1.807, 2.05) is 6.07 Å². The van der Waals surface area contributed by atoms with Gasteiger partial charge in [0.1, 0.15) is 11.2 Å². The van der Waals surface area contributed by atoms with Crippen molar-refractivity contribution in [2.75, 3.05) is 5.32 Å². The summed E-state index contributed by atoms with van der Waals surface area (Å²) in [5.74, 6) is -0.400. The Morgan fingerprint density at radius 2 is 1.84 bits per heavy atom. The minimum Gasteiger partial charge on any atom is -0.322 e. The average molecular weight is 505 g/mol. The molecule has 5 aromatic rings. The van der Waals surface area contributed by atoms with Crippen molar-refractivity contribution in [1.82, 2.24) is 19.5 Å². The van der Waals surface area contributed by atoms with Crippen molar-refractivity contribution in [3.63, 3.8) is 0 Å². The molecule has 0 saturated heterocycles. The van der Waals surface area contributed by atoms with E-state index in [1.54, 1.807) is 79.3 Å². The van der Waals surface area contributed by atoms with Gasteiger partial charge in [0.05, 0.1) is 10.6 Å². The summed E-state index contributed by atoms with van der Waals surface area (Å²) in [6.07, 6.45) is 8.14. The van der Waals surface area contributed by atoms with Gasteiger partial charge in [-0.2, -0.15) is 0 Å². The molecule has 1 amide bonds. The molecule has 10 heteroatoms. The largest absolute Gasteiger partial charge is 0.322 e. The zero-order valence-electron chi connectivity index (χ0n) is 19.9. The quantitative estimate of drug-likeness (QED) is 0.198. The fraction of sp³-hybridized carbons (Fsp3) is 0.0357. The van der Waals surface area contributed by atoms with Gasteiger partial charge in [0.2, 0.25) is 5.91 Å². The molecule has 0 bridgehead atoms. The van der Waals surface area contributed by atoms with Crippen LogP contribution in [-0.4, -0.2) is 30.3 Å². The number of amides is 1. The Morgan fingerprint density at radius 1 is 1.03 bits per heavy atom. The SMILES string of the molecule is O=C(C=Cc1ccc([N+](=O)[O-])cc1)Nc1cccc(-n2c(=O)c(Cc3cccnc3)nc3cccnc32)c1. The molecule has 5 rings (SSSR count). The molecule has 186 valence electrons. The van der Waals surface area contributed by atoms with Crippen LogP contribution < -0.4 is 10.9 Å². The van der Waals surface area contributed by atoms with Crippen LogP contribution >= 0.6 is 0 Å². The number of aromatic nitrogens is 4. The van der Waals surface area contributed by atoms with E-state index < -0.39 is 10.8 Å². The predicted molar refractivity (Wildman–Crippen MR) is 143 cm³/mol. The normalized spacial score (nSPS) is 11.1. The highest BCUT2D eigenvalue weighted by molar-refractivity contribution is 6.02. The summed E-state index contributed by atoms with van der Waals surface area (Å²) in [5.41, 5.74) is 3.45. The van der Waals surface area contributed by atoms with Gasteiger partial charge in [0, 0.05) is 48.9 Å². The van der Waals surface area contributed by atoms with Gasteiger partial charge in [-0.3, -0.25) is 29.3 Å². The molecule has 0 spiro atoms. The monoisotopic (exact) mass is 504 g/mol. The third-order valence-corrected chi connectivity index (χ3v) is 5.68. The summed E-state index contributed by atoms with van der Waals surface area (Å²) in [6, 6.07) is 20.0. The fourth-order valence-corrected chi connectivity index (χ4v) is 3.90. The Kier molecular flexibility index (Phi) is 6.77. The minimum atomic E-state index is -0.484. The smallest absolute Gasteiger partial charge is 0.278 e. The molecule has 1 N–H and O–H groups in total. The van der Waals surface area contributed by atoms with Gasteiger partial charge in [0.25, 0.3) is 11.2 Å². The summed E-state index contributed by atoms with van der Waals surface area (Å²) in [7, 11) is 0. The number of nitro benzene ring substituents is 1. The first-order chi connectivity index (χ1) is 18.5. The number of pyridine rings is 2. The van der Waals surface area contributed by atoms with Gasteiger partial charge in [-0.05, 0) is 65.7 Å². The van der Waals surface area contributed by atoms with Gasteiger partial charge >= 0.3 is 0 Å². The lowest BCUT2D eigenvalue weighted by molar-refractivity contribution is -0.384. The summed E-state index contributed by atoms with van der Waals surface area (Å²) in [6.45, 7) is 0. The number of nitrogens with zero attached hydrogens (tertiary/aromatic N) is 5. The van der Waals surface area contributed by atoms with E-state index in [0.29, 0.717) is 40.2 Å².